The van der Waals surface area contributed by atoms with Crippen molar-refractivity contribution in [1.29, 1.82) is 0 Å². The second-order valence-electron chi connectivity index (χ2n) is 14.0. The Kier molecular flexibility index (Phi) is 7.35. The minimum atomic E-state index is -0.920. The molecule has 3 aromatic rings. The number of aromatic hydroxyl groups is 1. The Bertz CT molecular complexity index is 1590. The summed E-state index contributed by atoms with van der Waals surface area (Å²) >= 11 is 0. The zero-order valence-electron chi connectivity index (χ0n) is 26.3. The Morgan fingerprint density at radius 3 is 2.57 bits per heavy atom. The summed E-state index contributed by atoms with van der Waals surface area (Å²) in [7, 11) is 3.71. The van der Waals surface area contributed by atoms with Crippen LogP contribution in [0.15, 0.2) is 12.1 Å². The molecule has 44 heavy (non-hydrogen) atoms. The van der Waals surface area contributed by atoms with Crippen LogP contribution in [0.1, 0.15) is 81.8 Å². The molecule has 2 aliphatic heterocycles. The maximum atomic E-state index is 16.9. The number of aliphatic hydroxyl groups is 1. The molecule has 0 bridgehead atoms. The summed E-state index contributed by atoms with van der Waals surface area (Å²) < 4.78 is 29.2. The van der Waals surface area contributed by atoms with Gasteiger partial charge in [0.15, 0.2) is 5.82 Å². The van der Waals surface area contributed by atoms with E-state index in [2.05, 4.69) is 11.9 Å². The molecule has 9 nitrogen and oxygen atoms in total. The standard InChI is InChI=1S/C34H44FN5O4/c1-20-16-22(41)17-23(25(20)21-9-10-21)28-27(35)29-26(31(36-28)43-4)30(40-15-6-11-33(2,42)18-40)38-32(37-29)44-19-34-12-5-8-24(34)39(3)14-7-13-34/h16-17,21,24,41-42H,5-15,18-19H2,1-4H3. The molecule has 236 valence electrons. The van der Waals surface area contributed by atoms with Gasteiger partial charge in [-0.3, -0.25) is 0 Å². The normalized spacial score (nSPS) is 27.5. The van der Waals surface area contributed by atoms with Crippen molar-refractivity contribution in [2.45, 2.75) is 89.2 Å². The number of halogens is 1. The highest BCUT2D eigenvalue weighted by Crippen LogP contribution is 2.50. The van der Waals surface area contributed by atoms with E-state index in [0.717, 1.165) is 62.6 Å². The number of anilines is 1. The molecule has 10 heteroatoms. The molecule has 2 saturated carbocycles. The number of nitrogens with zero attached hydrogens (tertiary/aromatic N) is 5. The van der Waals surface area contributed by atoms with E-state index in [4.69, 9.17) is 24.4 Å². The molecular formula is C34H44FN5O4. The molecule has 2 saturated heterocycles. The summed E-state index contributed by atoms with van der Waals surface area (Å²) in [6, 6.07) is 3.90. The number of methoxy groups -OCH3 is 1. The van der Waals surface area contributed by atoms with Crippen molar-refractivity contribution in [3.63, 3.8) is 0 Å². The van der Waals surface area contributed by atoms with Crippen molar-refractivity contribution < 1.29 is 24.1 Å². The number of rotatable bonds is 7. The minimum absolute atomic E-state index is 0.0260. The fourth-order valence-corrected chi connectivity index (χ4v) is 8.40. The fraction of sp³-hybridized carbons (Fsp3) is 0.618. The van der Waals surface area contributed by atoms with Crippen LogP contribution >= 0.6 is 0 Å². The molecule has 2 N–H and O–H groups in total. The third kappa shape index (κ3) is 5.13. The second kappa shape index (κ2) is 11.0. The van der Waals surface area contributed by atoms with Crippen LogP contribution in [0.4, 0.5) is 10.2 Å². The first-order valence-corrected chi connectivity index (χ1v) is 16.2. The van der Waals surface area contributed by atoms with E-state index in [1.165, 1.54) is 13.5 Å². The number of β-amino-alcohol motifs (C(OH)–C–C–N with tert-alkyl or cyclic N) is 1. The average molecular weight is 606 g/mol. The molecular weight excluding hydrogens is 561 g/mol. The van der Waals surface area contributed by atoms with Crippen LogP contribution in [0.3, 0.4) is 0 Å². The monoisotopic (exact) mass is 605 g/mol. The van der Waals surface area contributed by atoms with Crippen molar-refractivity contribution in [2.24, 2.45) is 5.41 Å². The summed E-state index contributed by atoms with van der Waals surface area (Å²) in [5.74, 6) is 0.424. The van der Waals surface area contributed by atoms with Gasteiger partial charge in [0.05, 0.1) is 19.3 Å². The number of phenolic OH excluding ortho intramolecular Hbond substituents is 1. The van der Waals surface area contributed by atoms with Crippen LogP contribution in [-0.4, -0.2) is 82.1 Å². The number of likely N-dealkylation sites (tertiary alicyclic amines) is 1. The van der Waals surface area contributed by atoms with Gasteiger partial charge in [0.1, 0.15) is 28.2 Å². The number of benzene rings is 1. The van der Waals surface area contributed by atoms with Crippen molar-refractivity contribution >= 4 is 16.7 Å². The van der Waals surface area contributed by atoms with Crippen LogP contribution in [-0.2, 0) is 0 Å². The van der Waals surface area contributed by atoms with E-state index >= 15 is 4.39 Å². The van der Waals surface area contributed by atoms with Crippen molar-refractivity contribution in [2.75, 3.05) is 45.3 Å². The van der Waals surface area contributed by atoms with Gasteiger partial charge < -0.3 is 29.5 Å². The van der Waals surface area contributed by atoms with Gasteiger partial charge >= 0.3 is 6.01 Å². The minimum Gasteiger partial charge on any atom is -0.508 e. The predicted octanol–water partition coefficient (Wildman–Crippen LogP) is 5.73. The SMILES string of the molecule is COc1nc(-c2cc(O)cc(C)c2C2CC2)c(F)c2nc(OCC34CCCC3N(C)CCC4)nc(N3CCCC(C)(O)C3)c12. The summed E-state index contributed by atoms with van der Waals surface area (Å²) in [6.07, 6.45) is 9.08. The molecule has 2 aromatic heterocycles. The van der Waals surface area contributed by atoms with Crippen molar-refractivity contribution in [3.05, 3.63) is 29.1 Å². The van der Waals surface area contributed by atoms with Gasteiger partial charge in [-0.2, -0.15) is 9.97 Å². The number of aromatic nitrogens is 3. The van der Waals surface area contributed by atoms with Gasteiger partial charge in [-0.1, -0.05) is 6.42 Å². The number of piperidine rings is 2. The molecule has 4 fully saturated rings. The Balaban J connectivity index is 1.38. The largest absolute Gasteiger partial charge is 0.508 e. The number of hydrogen-bond acceptors (Lipinski definition) is 9. The average Bonchev–Trinajstić information content (AvgIpc) is 3.72. The highest BCUT2D eigenvalue weighted by Gasteiger charge is 2.47. The number of phenols is 1. The molecule has 7 rings (SSSR count). The fourth-order valence-electron chi connectivity index (χ4n) is 8.40. The van der Waals surface area contributed by atoms with E-state index in [1.807, 2.05) is 18.7 Å². The Hall–Kier alpha value is -3.24. The molecule has 1 aromatic carbocycles. The summed E-state index contributed by atoms with van der Waals surface area (Å²) in [6.45, 7) is 6.30. The zero-order chi connectivity index (χ0) is 30.8. The van der Waals surface area contributed by atoms with Gasteiger partial charge in [-0.15, -0.1) is 0 Å². The first-order chi connectivity index (χ1) is 21.1. The van der Waals surface area contributed by atoms with Gasteiger partial charge in [-0.05, 0) is 108 Å². The third-order valence-electron chi connectivity index (χ3n) is 10.6. The summed E-state index contributed by atoms with van der Waals surface area (Å²) in [4.78, 5) is 18.7. The molecule has 4 heterocycles. The first kappa shape index (κ1) is 29.5. The van der Waals surface area contributed by atoms with E-state index in [9.17, 15) is 10.2 Å². The molecule has 4 aliphatic rings. The maximum absolute atomic E-state index is 16.9. The lowest BCUT2D eigenvalue weighted by Crippen LogP contribution is -2.50. The smallest absolute Gasteiger partial charge is 0.319 e. The number of hydrogen-bond donors (Lipinski definition) is 2. The van der Waals surface area contributed by atoms with Crippen molar-refractivity contribution in [1.82, 2.24) is 19.9 Å². The Morgan fingerprint density at radius 2 is 1.82 bits per heavy atom. The van der Waals surface area contributed by atoms with E-state index in [0.29, 0.717) is 54.8 Å². The summed E-state index contributed by atoms with van der Waals surface area (Å²) in [5, 5.41) is 21.9. The van der Waals surface area contributed by atoms with Gasteiger partial charge in [0, 0.05) is 30.1 Å². The third-order valence-corrected chi connectivity index (χ3v) is 10.6. The zero-order valence-corrected chi connectivity index (χ0v) is 26.3. The summed E-state index contributed by atoms with van der Waals surface area (Å²) in [5.41, 5.74) is 1.74. The highest BCUT2D eigenvalue weighted by atomic mass is 19.1. The highest BCUT2D eigenvalue weighted by molar-refractivity contribution is 5.97. The molecule has 2 aliphatic carbocycles. The predicted molar refractivity (Wildman–Crippen MR) is 167 cm³/mol. The molecule has 3 atom stereocenters. The van der Waals surface area contributed by atoms with Crippen LogP contribution in [0, 0.1) is 18.2 Å². The molecule has 3 unspecified atom stereocenters. The number of aryl methyl sites for hydroxylation is 1. The number of pyridine rings is 1. The maximum Gasteiger partial charge on any atom is 0.319 e. The van der Waals surface area contributed by atoms with Gasteiger partial charge in [-0.25, -0.2) is 9.37 Å². The van der Waals surface area contributed by atoms with Crippen molar-refractivity contribution in [3.8, 4) is 28.9 Å². The van der Waals surface area contributed by atoms with Crippen LogP contribution in [0.5, 0.6) is 17.6 Å². The Labute approximate surface area is 258 Å². The second-order valence-corrected chi connectivity index (χ2v) is 14.0. The number of fused-ring (bicyclic) bond motifs is 2. The lowest BCUT2D eigenvalue weighted by atomic mass is 9.76. The van der Waals surface area contributed by atoms with E-state index in [-0.39, 0.29) is 34.3 Å². The van der Waals surface area contributed by atoms with Crippen LogP contribution in [0.2, 0.25) is 0 Å². The van der Waals surface area contributed by atoms with Gasteiger partial charge in [0.25, 0.3) is 0 Å². The molecule has 0 radical (unpaired) electrons. The molecule has 0 spiro atoms. The van der Waals surface area contributed by atoms with Crippen LogP contribution < -0.4 is 14.4 Å². The van der Waals surface area contributed by atoms with Gasteiger partial charge in [0.2, 0.25) is 5.88 Å². The Morgan fingerprint density at radius 1 is 1.05 bits per heavy atom. The number of ether oxygens (including phenoxy) is 2. The van der Waals surface area contributed by atoms with E-state index < -0.39 is 11.4 Å². The topological polar surface area (TPSA) is 104 Å². The molecule has 0 amide bonds. The van der Waals surface area contributed by atoms with E-state index in [1.54, 1.807) is 12.1 Å². The lowest BCUT2D eigenvalue weighted by molar-refractivity contribution is 0.0132. The quantitative estimate of drug-likeness (QED) is 0.350. The lowest BCUT2D eigenvalue weighted by Gasteiger charge is -2.44. The van der Waals surface area contributed by atoms with Crippen LogP contribution in [0.25, 0.3) is 22.2 Å². The first-order valence-electron chi connectivity index (χ1n) is 16.2.